The highest BCUT2D eigenvalue weighted by atomic mass is 16.4. The van der Waals surface area contributed by atoms with Crippen molar-refractivity contribution in [1.82, 2.24) is 5.32 Å². The second-order valence-corrected chi connectivity index (χ2v) is 5.69. The summed E-state index contributed by atoms with van der Waals surface area (Å²) in [6.07, 6.45) is 9.27. The number of carbonyl (C=O) groups is 2. The predicted molar refractivity (Wildman–Crippen MR) is 72.5 cm³/mol. The van der Waals surface area contributed by atoms with Crippen LogP contribution in [0.2, 0.25) is 0 Å². The zero-order valence-electron chi connectivity index (χ0n) is 11.5. The molecule has 4 nitrogen and oxygen atoms in total. The van der Waals surface area contributed by atoms with E-state index in [1.807, 2.05) is 12.2 Å². The fraction of sp³-hybridized carbons (Fsp3) is 0.733. The number of fused-ring (bicyclic) bond motifs is 2. The highest BCUT2D eigenvalue weighted by Crippen LogP contribution is 2.48. The maximum Gasteiger partial charge on any atom is 0.307 e. The van der Waals surface area contributed by atoms with Gasteiger partial charge in [0.1, 0.15) is 0 Å². The van der Waals surface area contributed by atoms with E-state index in [1.54, 1.807) is 0 Å². The molecular formula is C15H23NO3. The van der Waals surface area contributed by atoms with E-state index in [0.717, 1.165) is 19.3 Å². The maximum atomic E-state index is 12.2. The Morgan fingerprint density at radius 3 is 2.47 bits per heavy atom. The summed E-state index contributed by atoms with van der Waals surface area (Å²) in [5, 5.41) is 12.2. The lowest BCUT2D eigenvalue weighted by Gasteiger charge is -2.23. The molecule has 19 heavy (non-hydrogen) atoms. The molecule has 4 atom stereocenters. The van der Waals surface area contributed by atoms with Crippen molar-refractivity contribution < 1.29 is 14.7 Å². The third-order valence-corrected chi connectivity index (χ3v) is 4.38. The SMILES string of the molecule is CCCCCCNC(=O)[C@H]1[C@@H](C(=O)O)[C@@H]2C=C[C@H]1C2. The van der Waals surface area contributed by atoms with Crippen molar-refractivity contribution in [3.05, 3.63) is 12.2 Å². The zero-order chi connectivity index (χ0) is 13.8. The minimum Gasteiger partial charge on any atom is -0.481 e. The van der Waals surface area contributed by atoms with E-state index in [0.29, 0.717) is 6.54 Å². The first-order valence-electron chi connectivity index (χ1n) is 7.34. The summed E-state index contributed by atoms with van der Waals surface area (Å²) >= 11 is 0. The quantitative estimate of drug-likeness (QED) is 0.548. The van der Waals surface area contributed by atoms with E-state index in [4.69, 9.17) is 0 Å². The van der Waals surface area contributed by atoms with Crippen LogP contribution >= 0.6 is 0 Å². The molecule has 0 aromatic heterocycles. The molecule has 1 saturated carbocycles. The van der Waals surface area contributed by atoms with Gasteiger partial charge in [-0.1, -0.05) is 38.3 Å². The van der Waals surface area contributed by atoms with Gasteiger partial charge >= 0.3 is 5.97 Å². The summed E-state index contributed by atoms with van der Waals surface area (Å²) in [6, 6.07) is 0. The fourth-order valence-electron chi connectivity index (χ4n) is 3.40. The van der Waals surface area contributed by atoms with Gasteiger partial charge in [-0.3, -0.25) is 9.59 Å². The topological polar surface area (TPSA) is 66.4 Å². The smallest absolute Gasteiger partial charge is 0.307 e. The van der Waals surface area contributed by atoms with E-state index in [9.17, 15) is 14.7 Å². The van der Waals surface area contributed by atoms with Crippen molar-refractivity contribution in [2.24, 2.45) is 23.7 Å². The van der Waals surface area contributed by atoms with Crippen LogP contribution in [0.15, 0.2) is 12.2 Å². The summed E-state index contributed by atoms with van der Waals surface area (Å²) in [6.45, 7) is 2.82. The molecule has 0 radical (unpaired) electrons. The first-order valence-corrected chi connectivity index (χ1v) is 7.34. The van der Waals surface area contributed by atoms with Crippen LogP contribution in [0.1, 0.15) is 39.0 Å². The number of carbonyl (C=O) groups excluding carboxylic acids is 1. The van der Waals surface area contributed by atoms with Gasteiger partial charge in [-0.2, -0.15) is 0 Å². The van der Waals surface area contributed by atoms with Crippen molar-refractivity contribution in [3.8, 4) is 0 Å². The second-order valence-electron chi connectivity index (χ2n) is 5.69. The van der Waals surface area contributed by atoms with E-state index in [-0.39, 0.29) is 23.7 Å². The Morgan fingerprint density at radius 1 is 1.16 bits per heavy atom. The van der Waals surface area contributed by atoms with Gasteiger partial charge in [-0.05, 0) is 24.7 Å². The summed E-state index contributed by atoms with van der Waals surface area (Å²) in [4.78, 5) is 23.5. The lowest BCUT2D eigenvalue weighted by Crippen LogP contribution is -2.40. The molecule has 0 aromatic carbocycles. The van der Waals surface area contributed by atoms with Crippen LogP contribution in [0.4, 0.5) is 0 Å². The highest BCUT2D eigenvalue weighted by Gasteiger charge is 2.51. The zero-order valence-corrected chi connectivity index (χ0v) is 11.5. The lowest BCUT2D eigenvalue weighted by atomic mass is 9.82. The summed E-state index contributed by atoms with van der Waals surface area (Å²) < 4.78 is 0. The van der Waals surface area contributed by atoms with Crippen LogP contribution in [0.3, 0.4) is 0 Å². The molecule has 0 aliphatic heterocycles. The van der Waals surface area contributed by atoms with E-state index >= 15 is 0 Å². The third kappa shape index (κ3) is 2.99. The van der Waals surface area contributed by atoms with E-state index < -0.39 is 11.9 Å². The van der Waals surface area contributed by atoms with Gasteiger partial charge in [0.15, 0.2) is 0 Å². The Balaban J connectivity index is 1.84. The third-order valence-electron chi connectivity index (χ3n) is 4.38. The van der Waals surface area contributed by atoms with Gasteiger partial charge in [0.25, 0.3) is 0 Å². The number of carboxylic acid groups (broad SMARTS) is 1. The number of hydrogen-bond donors (Lipinski definition) is 2. The Labute approximate surface area is 114 Å². The van der Waals surface area contributed by atoms with Gasteiger partial charge in [-0.15, -0.1) is 0 Å². The molecule has 2 N–H and O–H groups in total. The van der Waals surface area contributed by atoms with Crippen LogP contribution in [-0.2, 0) is 9.59 Å². The van der Waals surface area contributed by atoms with Crippen LogP contribution < -0.4 is 5.32 Å². The van der Waals surface area contributed by atoms with Crippen LogP contribution in [-0.4, -0.2) is 23.5 Å². The fourth-order valence-corrected chi connectivity index (χ4v) is 3.40. The monoisotopic (exact) mass is 265 g/mol. The Kier molecular flexibility index (Phi) is 4.61. The summed E-state index contributed by atoms with van der Waals surface area (Å²) in [5.74, 6) is -1.60. The summed E-state index contributed by atoms with van der Waals surface area (Å²) in [7, 11) is 0. The van der Waals surface area contributed by atoms with Crippen molar-refractivity contribution >= 4 is 11.9 Å². The molecule has 0 aromatic rings. The van der Waals surface area contributed by atoms with Gasteiger partial charge in [-0.25, -0.2) is 0 Å². The highest BCUT2D eigenvalue weighted by molar-refractivity contribution is 5.86. The van der Waals surface area contributed by atoms with Crippen molar-refractivity contribution in [2.45, 2.75) is 39.0 Å². The number of carboxylic acids is 1. The Hall–Kier alpha value is -1.32. The first-order chi connectivity index (χ1) is 9.15. The number of amides is 1. The van der Waals surface area contributed by atoms with Crippen LogP contribution in [0.5, 0.6) is 0 Å². The normalized spacial score (nSPS) is 31.6. The predicted octanol–water partition coefficient (Wildman–Crippen LogP) is 2.21. The van der Waals surface area contributed by atoms with Gasteiger partial charge in [0, 0.05) is 6.54 Å². The molecule has 2 aliphatic carbocycles. The van der Waals surface area contributed by atoms with Gasteiger partial charge in [0.2, 0.25) is 5.91 Å². The maximum absolute atomic E-state index is 12.2. The average Bonchev–Trinajstić information content (AvgIpc) is 2.98. The van der Waals surface area contributed by atoms with E-state index in [2.05, 4.69) is 12.2 Å². The molecule has 0 heterocycles. The van der Waals surface area contributed by atoms with Crippen LogP contribution in [0.25, 0.3) is 0 Å². The molecule has 2 rings (SSSR count). The van der Waals surface area contributed by atoms with Gasteiger partial charge in [0.05, 0.1) is 11.8 Å². The van der Waals surface area contributed by atoms with E-state index in [1.165, 1.54) is 12.8 Å². The molecule has 1 fully saturated rings. The molecule has 106 valence electrons. The molecule has 2 aliphatic rings. The van der Waals surface area contributed by atoms with Crippen LogP contribution in [0, 0.1) is 23.7 Å². The standard InChI is InChI=1S/C15H23NO3/c1-2-3-4-5-8-16-14(17)12-10-6-7-11(9-10)13(12)15(18)19/h6-7,10-13H,2-5,8-9H2,1H3,(H,16,17)(H,18,19)/t10-,11+,12+,13-/m0/s1. The molecular weight excluding hydrogens is 242 g/mol. The van der Waals surface area contributed by atoms with Crippen molar-refractivity contribution in [2.75, 3.05) is 6.54 Å². The van der Waals surface area contributed by atoms with Crippen molar-refractivity contribution in [1.29, 1.82) is 0 Å². The molecule has 2 bridgehead atoms. The number of allylic oxidation sites excluding steroid dienone is 2. The largest absolute Gasteiger partial charge is 0.481 e. The molecule has 0 spiro atoms. The Bertz CT molecular complexity index is 378. The number of rotatable bonds is 7. The summed E-state index contributed by atoms with van der Waals surface area (Å²) in [5.41, 5.74) is 0. The first kappa shape index (κ1) is 14.1. The Morgan fingerprint density at radius 2 is 1.84 bits per heavy atom. The minimum absolute atomic E-state index is 0.0540. The lowest BCUT2D eigenvalue weighted by molar-refractivity contribution is -0.147. The minimum atomic E-state index is -0.831. The number of aliphatic carboxylic acids is 1. The second kappa shape index (κ2) is 6.22. The van der Waals surface area contributed by atoms with Crippen molar-refractivity contribution in [3.63, 3.8) is 0 Å². The average molecular weight is 265 g/mol. The van der Waals surface area contributed by atoms with Gasteiger partial charge < -0.3 is 10.4 Å². The molecule has 4 heteroatoms. The number of unbranched alkanes of at least 4 members (excludes halogenated alkanes) is 3. The number of nitrogens with one attached hydrogen (secondary N) is 1. The number of hydrogen-bond acceptors (Lipinski definition) is 2. The molecule has 1 amide bonds. The molecule has 0 unspecified atom stereocenters. The molecule has 0 saturated heterocycles.